The van der Waals surface area contributed by atoms with Crippen LogP contribution in [-0.2, 0) is 4.79 Å². The van der Waals surface area contributed by atoms with Gasteiger partial charge in [0.15, 0.2) is 0 Å². The number of carbonyl (C=O) groups excluding carboxylic acids is 1. The molecule has 0 saturated heterocycles. The molecule has 25 heavy (non-hydrogen) atoms. The predicted octanol–water partition coefficient (Wildman–Crippen LogP) is 4.39. The van der Waals surface area contributed by atoms with Crippen LogP contribution < -0.4 is 5.32 Å². The van der Waals surface area contributed by atoms with Crippen LogP contribution in [0.4, 0.5) is 0 Å². The van der Waals surface area contributed by atoms with E-state index in [4.69, 9.17) is 4.42 Å². The number of nitrogens with zero attached hydrogens (tertiary/aromatic N) is 2. The van der Waals surface area contributed by atoms with Crippen molar-refractivity contribution in [1.82, 2.24) is 15.5 Å². The minimum Gasteiger partial charge on any atom is -0.411 e. The number of thioether (sulfide) groups is 1. The average molecular weight is 362 g/mol. The maximum absolute atomic E-state index is 12.0. The molecule has 2 rings (SSSR count). The van der Waals surface area contributed by atoms with Crippen LogP contribution in [0.1, 0.15) is 44.7 Å². The third-order valence-corrected chi connectivity index (χ3v) is 4.89. The van der Waals surface area contributed by atoms with Crippen LogP contribution in [0, 0.1) is 19.8 Å². The van der Waals surface area contributed by atoms with Crippen molar-refractivity contribution in [1.29, 1.82) is 0 Å². The van der Waals surface area contributed by atoms with Crippen molar-refractivity contribution in [3.05, 3.63) is 29.3 Å². The van der Waals surface area contributed by atoms with Gasteiger partial charge < -0.3 is 9.73 Å². The lowest BCUT2D eigenvalue weighted by atomic mass is 10.0. The summed E-state index contributed by atoms with van der Waals surface area (Å²) < 4.78 is 5.66. The minimum absolute atomic E-state index is 0.00723. The highest BCUT2D eigenvalue weighted by molar-refractivity contribution is 7.99. The number of rotatable bonds is 8. The van der Waals surface area contributed by atoms with Crippen molar-refractivity contribution in [2.45, 2.75) is 58.7 Å². The zero-order valence-corrected chi connectivity index (χ0v) is 16.4. The van der Waals surface area contributed by atoms with E-state index >= 15 is 0 Å². The zero-order valence-electron chi connectivity index (χ0n) is 15.6. The molecule has 0 fully saturated rings. The third kappa shape index (κ3) is 6.20. The van der Waals surface area contributed by atoms with E-state index in [0.29, 0.717) is 17.0 Å². The summed E-state index contributed by atoms with van der Waals surface area (Å²) in [6, 6.07) is 6.21. The molecule has 0 saturated carbocycles. The largest absolute Gasteiger partial charge is 0.411 e. The van der Waals surface area contributed by atoms with Crippen LogP contribution in [0.25, 0.3) is 11.5 Å². The first-order chi connectivity index (χ1) is 11.8. The van der Waals surface area contributed by atoms with Gasteiger partial charge in [0.2, 0.25) is 11.8 Å². The number of hydrogen-bond donors (Lipinski definition) is 1. The summed E-state index contributed by atoms with van der Waals surface area (Å²) in [4.78, 5) is 12.0. The van der Waals surface area contributed by atoms with E-state index in [0.717, 1.165) is 18.4 Å². The van der Waals surface area contributed by atoms with Gasteiger partial charge in [0.05, 0.1) is 5.75 Å². The highest BCUT2D eigenvalue weighted by atomic mass is 32.2. The Labute approximate surface area is 154 Å². The number of benzene rings is 1. The third-order valence-electron chi connectivity index (χ3n) is 4.07. The molecule has 6 heteroatoms. The first-order valence-corrected chi connectivity index (χ1v) is 9.67. The summed E-state index contributed by atoms with van der Waals surface area (Å²) in [5, 5.41) is 11.5. The fraction of sp³-hybridized carbons (Fsp3) is 0.526. The fourth-order valence-electron chi connectivity index (χ4n) is 2.36. The van der Waals surface area contributed by atoms with Crippen molar-refractivity contribution in [3.8, 4) is 11.5 Å². The molecule has 1 aromatic carbocycles. The van der Waals surface area contributed by atoms with E-state index < -0.39 is 0 Å². The fourth-order valence-corrected chi connectivity index (χ4v) is 2.93. The molecule has 136 valence electrons. The summed E-state index contributed by atoms with van der Waals surface area (Å²) >= 11 is 1.27. The van der Waals surface area contributed by atoms with Crippen LogP contribution in [0.5, 0.6) is 0 Å². The first-order valence-electron chi connectivity index (χ1n) is 8.68. The first kappa shape index (κ1) is 19.5. The van der Waals surface area contributed by atoms with E-state index in [9.17, 15) is 4.79 Å². The Morgan fingerprint density at radius 3 is 2.60 bits per heavy atom. The Kier molecular flexibility index (Phi) is 7.05. The molecule has 0 radical (unpaired) electrons. The van der Waals surface area contributed by atoms with Gasteiger partial charge in [-0.05, 0) is 62.8 Å². The SMILES string of the molecule is Cc1ccc(-c2nnc(SCC(=O)NC(C)CCC(C)C)o2)cc1C. The van der Waals surface area contributed by atoms with Gasteiger partial charge >= 0.3 is 0 Å². The van der Waals surface area contributed by atoms with Gasteiger partial charge in [-0.15, -0.1) is 10.2 Å². The molecule has 0 aliphatic heterocycles. The molecule has 1 amide bonds. The standard InChI is InChI=1S/C19H27N3O2S/c1-12(2)6-8-15(5)20-17(23)11-25-19-22-21-18(24-19)16-9-7-13(3)14(4)10-16/h7,9-10,12,15H,6,8,11H2,1-5H3,(H,20,23). The molecule has 0 spiro atoms. The van der Waals surface area contributed by atoms with E-state index in [1.165, 1.54) is 22.9 Å². The van der Waals surface area contributed by atoms with Crippen molar-refractivity contribution in [2.24, 2.45) is 5.92 Å². The van der Waals surface area contributed by atoms with Crippen molar-refractivity contribution >= 4 is 17.7 Å². The number of aromatic nitrogens is 2. The predicted molar refractivity (Wildman–Crippen MR) is 102 cm³/mol. The number of amides is 1. The molecule has 5 nitrogen and oxygen atoms in total. The topological polar surface area (TPSA) is 68.0 Å². The van der Waals surface area contributed by atoms with Crippen molar-refractivity contribution in [3.63, 3.8) is 0 Å². The van der Waals surface area contributed by atoms with E-state index in [1.807, 2.05) is 25.1 Å². The maximum Gasteiger partial charge on any atom is 0.277 e. The van der Waals surface area contributed by atoms with Gasteiger partial charge in [0.1, 0.15) is 0 Å². The van der Waals surface area contributed by atoms with Crippen molar-refractivity contribution < 1.29 is 9.21 Å². The van der Waals surface area contributed by atoms with E-state index in [1.54, 1.807) is 0 Å². The Balaban J connectivity index is 1.84. The molecule has 2 aromatic rings. The summed E-state index contributed by atoms with van der Waals surface area (Å²) in [6.07, 6.45) is 2.10. The van der Waals surface area contributed by atoms with Crippen LogP contribution >= 0.6 is 11.8 Å². The molecule has 0 aliphatic rings. The number of aryl methyl sites for hydroxylation is 2. The average Bonchev–Trinajstić information content (AvgIpc) is 3.02. The highest BCUT2D eigenvalue weighted by Crippen LogP contribution is 2.24. The van der Waals surface area contributed by atoms with Crippen LogP contribution in [0.15, 0.2) is 27.8 Å². The van der Waals surface area contributed by atoms with Crippen LogP contribution in [-0.4, -0.2) is 27.9 Å². The van der Waals surface area contributed by atoms with Gasteiger partial charge in [-0.3, -0.25) is 4.79 Å². The highest BCUT2D eigenvalue weighted by Gasteiger charge is 2.13. The molecule has 1 N–H and O–H groups in total. The summed E-state index contributed by atoms with van der Waals surface area (Å²) in [7, 11) is 0. The Bertz CT molecular complexity index is 712. The Morgan fingerprint density at radius 2 is 1.92 bits per heavy atom. The number of carbonyl (C=O) groups is 1. The zero-order chi connectivity index (χ0) is 18.4. The van der Waals surface area contributed by atoms with Crippen LogP contribution in [0.2, 0.25) is 0 Å². The van der Waals surface area contributed by atoms with Crippen molar-refractivity contribution in [2.75, 3.05) is 5.75 Å². The minimum atomic E-state index is -0.00723. The molecular formula is C19H27N3O2S. The van der Waals surface area contributed by atoms with Crippen LogP contribution in [0.3, 0.4) is 0 Å². The number of hydrogen-bond acceptors (Lipinski definition) is 5. The molecule has 1 heterocycles. The smallest absolute Gasteiger partial charge is 0.277 e. The molecule has 0 aliphatic carbocycles. The number of nitrogens with one attached hydrogen (secondary N) is 1. The lowest BCUT2D eigenvalue weighted by molar-refractivity contribution is -0.119. The summed E-state index contributed by atoms with van der Waals surface area (Å²) in [5.41, 5.74) is 3.30. The summed E-state index contributed by atoms with van der Waals surface area (Å²) in [6.45, 7) is 10.5. The second-order valence-corrected chi connectivity index (χ2v) is 7.83. The van der Waals surface area contributed by atoms with Gasteiger partial charge in [-0.25, -0.2) is 0 Å². The van der Waals surface area contributed by atoms with Gasteiger partial charge in [-0.1, -0.05) is 31.7 Å². The maximum atomic E-state index is 12.0. The van der Waals surface area contributed by atoms with Gasteiger partial charge in [-0.2, -0.15) is 0 Å². The lowest BCUT2D eigenvalue weighted by Gasteiger charge is -2.14. The molecule has 1 aromatic heterocycles. The monoisotopic (exact) mass is 361 g/mol. The van der Waals surface area contributed by atoms with Gasteiger partial charge in [0, 0.05) is 11.6 Å². The Hall–Kier alpha value is -1.82. The quantitative estimate of drug-likeness (QED) is 0.706. The molecule has 1 unspecified atom stereocenters. The molecular weight excluding hydrogens is 334 g/mol. The molecule has 0 bridgehead atoms. The van der Waals surface area contributed by atoms with E-state index in [2.05, 4.69) is 43.2 Å². The second-order valence-electron chi connectivity index (χ2n) is 6.90. The normalized spacial score (nSPS) is 12.4. The molecule has 1 atom stereocenters. The van der Waals surface area contributed by atoms with E-state index in [-0.39, 0.29) is 17.7 Å². The van der Waals surface area contributed by atoms with Gasteiger partial charge in [0.25, 0.3) is 5.22 Å². The Morgan fingerprint density at radius 1 is 1.16 bits per heavy atom. The second kappa shape index (κ2) is 9.04. The summed E-state index contributed by atoms with van der Waals surface area (Å²) in [5.74, 6) is 1.40. The lowest BCUT2D eigenvalue weighted by Crippen LogP contribution is -2.34.